The van der Waals surface area contributed by atoms with Crippen molar-refractivity contribution in [3.8, 4) is 11.5 Å². The van der Waals surface area contributed by atoms with Crippen LogP contribution in [0.1, 0.15) is 24.1 Å². The normalized spacial score (nSPS) is 11.9. The van der Waals surface area contributed by atoms with Crippen LogP contribution < -0.4 is 14.8 Å². The minimum Gasteiger partial charge on any atom is -0.497 e. The van der Waals surface area contributed by atoms with Gasteiger partial charge in [0, 0.05) is 10.5 Å². The number of nitrogens with one attached hydrogen (secondary N) is 1. The lowest BCUT2D eigenvalue weighted by molar-refractivity contribution is 0.413. The maximum absolute atomic E-state index is 5.47. The molecule has 2 aromatic carbocycles. The van der Waals surface area contributed by atoms with Gasteiger partial charge < -0.3 is 14.8 Å². The number of rotatable bonds is 5. The quantitative estimate of drug-likeness (QED) is 0.828. The number of benzene rings is 2. The Labute approximate surface area is 134 Å². The van der Waals surface area contributed by atoms with Gasteiger partial charge in [0.2, 0.25) is 0 Å². The molecule has 0 aromatic heterocycles. The second-order valence-electron chi connectivity index (χ2n) is 4.94. The Morgan fingerprint density at radius 3 is 2.52 bits per heavy atom. The third-order valence-corrected chi connectivity index (χ3v) is 3.90. The molecule has 0 amide bonds. The van der Waals surface area contributed by atoms with E-state index in [1.807, 2.05) is 24.3 Å². The van der Waals surface area contributed by atoms with Crippen LogP contribution in [0.5, 0.6) is 11.5 Å². The Hall–Kier alpha value is -1.68. The summed E-state index contributed by atoms with van der Waals surface area (Å²) >= 11 is 3.49. The van der Waals surface area contributed by atoms with E-state index in [4.69, 9.17) is 9.47 Å². The number of hydrogen-bond donors (Lipinski definition) is 1. The Kier molecular flexibility index (Phi) is 5.12. The van der Waals surface area contributed by atoms with Crippen molar-refractivity contribution in [1.82, 2.24) is 0 Å². The molecule has 0 bridgehead atoms. The molecule has 0 saturated heterocycles. The molecule has 2 aromatic rings. The van der Waals surface area contributed by atoms with E-state index in [2.05, 4.69) is 47.2 Å². The smallest absolute Gasteiger partial charge is 0.143 e. The van der Waals surface area contributed by atoms with Crippen molar-refractivity contribution >= 4 is 21.6 Å². The fourth-order valence-corrected chi connectivity index (χ4v) is 2.82. The van der Waals surface area contributed by atoms with Crippen LogP contribution in [-0.4, -0.2) is 14.2 Å². The van der Waals surface area contributed by atoms with E-state index in [0.717, 1.165) is 27.2 Å². The van der Waals surface area contributed by atoms with Gasteiger partial charge in [-0.3, -0.25) is 0 Å². The van der Waals surface area contributed by atoms with Crippen molar-refractivity contribution in [1.29, 1.82) is 0 Å². The van der Waals surface area contributed by atoms with Gasteiger partial charge in [0.25, 0.3) is 0 Å². The SMILES string of the molecule is COc1cccc(C(C)Nc2c(C)cc(Br)cc2OC)c1. The van der Waals surface area contributed by atoms with E-state index in [9.17, 15) is 0 Å². The summed E-state index contributed by atoms with van der Waals surface area (Å²) in [7, 11) is 3.36. The van der Waals surface area contributed by atoms with Crippen molar-refractivity contribution < 1.29 is 9.47 Å². The third kappa shape index (κ3) is 3.70. The largest absolute Gasteiger partial charge is 0.497 e. The first-order valence-corrected chi connectivity index (χ1v) is 7.59. The minimum absolute atomic E-state index is 0.147. The highest BCUT2D eigenvalue weighted by atomic mass is 79.9. The average Bonchev–Trinajstić information content (AvgIpc) is 2.49. The zero-order valence-electron chi connectivity index (χ0n) is 12.7. The maximum Gasteiger partial charge on any atom is 0.143 e. The van der Waals surface area contributed by atoms with E-state index in [1.54, 1.807) is 14.2 Å². The van der Waals surface area contributed by atoms with Crippen LogP contribution in [0.15, 0.2) is 40.9 Å². The summed E-state index contributed by atoms with van der Waals surface area (Å²) in [6, 6.07) is 12.3. The van der Waals surface area contributed by atoms with Gasteiger partial charge in [-0.15, -0.1) is 0 Å². The van der Waals surface area contributed by atoms with Crippen LogP contribution in [-0.2, 0) is 0 Å². The summed E-state index contributed by atoms with van der Waals surface area (Å²) < 4.78 is 11.8. The van der Waals surface area contributed by atoms with Crippen LogP contribution in [0.3, 0.4) is 0 Å². The zero-order chi connectivity index (χ0) is 15.4. The number of aryl methyl sites for hydroxylation is 1. The predicted molar refractivity (Wildman–Crippen MR) is 90.5 cm³/mol. The Morgan fingerprint density at radius 1 is 1.10 bits per heavy atom. The first-order valence-electron chi connectivity index (χ1n) is 6.79. The van der Waals surface area contributed by atoms with Crippen molar-refractivity contribution in [2.75, 3.05) is 19.5 Å². The van der Waals surface area contributed by atoms with E-state index in [1.165, 1.54) is 5.56 Å². The highest BCUT2D eigenvalue weighted by Gasteiger charge is 2.13. The van der Waals surface area contributed by atoms with Gasteiger partial charge in [-0.05, 0) is 49.2 Å². The molecule has 112 valence electrons. The molecule has 0 radical (unpaired) electrons. The molecule has 0 aliphatic rings. The summed E-state index contributed by atoms with van der Waals surface area (Å²) in [4.78, 5) is 0. The van der Waals surface area contributed by atoms with Gasteiger partial charge in [0.1, 0.15) is 11.5 Å². The van der Waals surface area contributed by atoms with Gasteiger partial charge in [0.15, 0.2) is 0 Å². The molecule has 0 fully saturated rings. The predicted octanol–water partition coefficient (Wildman–Crippen LogP) is 4.95. The number of methoxy groups -OCH3 is 2. The number of anilines is 1. The summed E-state index contributed by atoms with van der Waals surface area (Å²) in [5, 5.41) is 3.52. The first kappa shape index (κ1) is 15.7. The second-order valence-corrected chi connectivity index (χ2v) is 5.86. The molecule has 0 aliphatic heterocycles. The monoisotopic (exact) mass is 349 g/mol. The maximum atomic E-state index is 5.47. The molecule has 21 heavy (non-hydrogen) atoms. The summed E-state index contributed by atoms with van der Waals surface area (Å²) in [5.74, 6) is 1.69. The minimum atomic E-state index is 0.147. The van der Waals surface area contributed by atoms with Crippen molar-refractivity contribution in [2.45, 2.75) is 19.9 Å². The van der Waals surface area contributed by atoms with Gasteiger partial charge >= 0.3 is 0 Å². The molecule has 4 heteroatoms. The fourth-order valence-electron chi connectivity index (χ4n) is 2.27. The highest BCUT2D eigenvalue weighted by molar-refractivity contribution is 9.10. The molecule has 0 saturated carbocycles. The molecule has 3 nitrogen and oxygen atoms in total. The van der Waals surface area contributed by atoms with Crippen LogP contribution in [0.4, 0.5) is 5.69 Å². The van der Waals surface area contributed by atoms with Crippen LogP contribution >= 0.6 is 15.9 Å². The molecule has 1 atom stereocenters. The lowest BCUT2D eigenvalue weighted by Crippen LogP contribution is -2.09. The van der Waals surface area contributed by atoms with Crippen LogP contribution in [0.25, 0.3) is 0 Å². The molecule has 0 spiro atoms. The highest BCUT2D eigenvalue weighted by Crippen LogP contribution is 2.34. The topological polar surface area (TPSA) is 30.5 Å². The second kappa shape index (κ2) is 6.85. The van der Waals surface area contributed by atoms with Gasteiger partial charge in [-0.25, -0.2) is 0 Å². The van der Waals surface area contributed by atoms with E-state index < -0.39 is 0 Å². The molecule has 0 heterocycles. The number of ether oxygens (including phenoxy) is 2. The molecule has 1 unspecified atom stereocenters. The van der Waals surface area contributed by atoms with Gasteiger partial charge in [-0.1, -0.05) is 28.1 Å². The zero-order valence-corrected chi connectivity index (χ0v) is 14.3. The third-order valence-electron chi connectivity index (χ3n) is 3.44. The Morgan fingerprint density at radius 2 is 1.86 bits per heavy atom. The summed E-state index contributed by atoms with van der Waals surface area (Å²) in [6.07, 6.45) is 0. The standard InChI is InChI=1S/C17H20BrNO2/c1-11-8-14(18)10-16(21-4)17(11)19-12(2)13-6-5-7-15(9-13)20-3/h5-10,12,19H,1-4H3. The van der Waals surface area contributed by atoms with Crippen molar-refractivity contribution in [3.63, 3.8) is 0 Å². The summed E-state index contributed by atoms with van der Waals surface area (Å²) in [5.41, 5.74) is 3.31. The lowest BCUT2D eigenvalue weighted by Gasteiger charge is -2.20. The average molecular weight is 350 g/mol. The van der Waals surface area contributed by atoms with Crippen LogP contribution in [0.2, 0.25) is 0 Å². The fraction of sp³-hybridized carbons (Fsp3) is 0.294. The first-order chi connectivity index (χ1) is 10.0. The number of halogens is 1. The van der Waals surface area contributed by atoms with E-state index >= 15 is 0 Å². The van der Waals surface area contributed by atoms with Crippen LogP contribution in [0, 0.1) is 6.92 Å². The molecular weight excluding hydrogens is 330 g/mol. The lowest BCUT2D eigenvalue weighted by atomic mass is 10.1. The molecule has 0 aliphatic carbocycles. The Bertz CT molecular complexity index is 628. The van der Waals surface area contributed by atoms with Crippen molar-refractivity contribution in [3.05, 3.63) is 52.0 Å². The molecule has 2 rings (SSSR count). The molecule has 1 N–H and O–H groups in total. The van der Waals surface area contributed by atoms with Crippen molar-refractivity contribution in [2.24, 2.45) is 0 Å². The van der Waals surface area contributed by atoms with Gasteiger partial charge in [-0.2, -0.15) is 0 Å². The number of hydrogen-bond acceptors (Lipinski definition) is 3. The van der Waals surface area contributed by atoms with Gasteiger partial charge in [0.05, 0.1) is 19.9 Å². The molecular formula is C17H20BrNO2. The Balaban J connectivity index is 2.28. The van der Waals surface area contributed by atoms with E-state index in [0.29, 0.717) is 0 Å². The summed E-state index contributed by atoms with van der Waals surface area (Å²) in [6.45, 7) is 4.18. The van der Waals surface area contributed by atoms with E-state index in [-0.39, 0.29) is 6.04 Å².